The molecule has 0 bridgehead atoms. The van der Waals surface area contributed by atoms with E-state index in [1.807, 2.05) is 6.92 Å². The van der Waals surface area contributed by atoms with Crippen molar-refractivity contribution < 1.29 is 8.42 Å². The molecule has 6 heteroatoms. The van der Waals surface area contributed by atoms with Crippen molar-refractivity contribution >= 4 is 15.8 Å². The quantitative estimate of drug-likeness (QED) is 0.828. The molecule has 2 N–H and O–H groups in total. The molecule has 0 aliphatic heterocycles. The van der Waals surface area contributed by atoms with Crippen molar-refractivity contribution in [1.29, 1.82) is 0 Å². The van der Waals surface area contributed by atoms with E-state index in [1.54, 1.807) is 27.0 Å². The molecule has 0 unspecified atom stereocenters. The average molecular weight is 231 g/mol. The first kappa shape index (κ1) is 12.0. The van der Waals surface area contributed by atoms with Crippen molar-refractivity contribution in [1.82, 2.24) is 10.2 Å². The smallest absolute Gasteiger partial charge is 0.238 e. The van der Waals surface area contributed by atoms with Crippen LogP contribution in [0.1, 0.15) is 33.3 Å². The van der Waals surface area contributed by atoms with Crippen molar-refractivity contribution in [2.24, 2.45) is 0 Å². The number of nitrogens with one attached hydrogen (secondary N) is 2. The summed E-state index contributed by atoms with van der Waals surface area (Å²) in [6.07, 6.45) is 2.36. The Morgan fingerprint density at radius 3 is 2.53 bits per heavy atom. The Morgan fingerprint density at radius 2 is 2.07 bits per heavy atom. The number of hydrogen-bond acceptors (Lipinski definition) is 3. The molecule has 1 aromatic rings. The van der Waals surface area contributed by atoms with Gasteiger partial charge < -0.3 is 0 Å². The summed E-state index contributed by atoms with van der Waals surface area (Å²) in [5, 5.41) is 6.45. The Bertz CT molecular complexity index is 428. The molecule has 0 aliphatic carbocycles. The minimum absolute atomic E-state index is 0.465. The molecule has 1 heterocycles. The van der Waals surface area contributed by atoms with Crippen molar-refractivity contribution in [3.63, 3.8) is 0 Å². The van der Waals surface area contributed by atoms with E-state index in [0.29, 0.717) is 5.82 Å². The number of aromatic nitrogens is 2. The first-order chi connectivity index (χ1) is 6.78. The van der Waals surface area contributed by atoms with E-state index in [2.05, 4.69) is 14.9 Å². The number of anilines is 1. The van der Waals surface area contributed by atoms with E-state index in [-0.39, 0.29) is 0 Å². The lowest BCUT2D eigenvalue weighted by Crippen LogP contribution is -2.34. The van der Waals surface area contributed by atoms with Crippen LogP contribution in [0.3, 0.4) is 0 Å². The molecule has 0 fully saturated rings. The van der Waals surface area contributed by atoms with Crippen molar-refractivity contribution in [2.75, 3.05) is 4.72 Å². The van der Waals surface area contributed by atoms with Gasteiger partial charge in [0.1, 0.15) is 5.82 Å². The largest absolute Gasteiger partial charge is 0.267 e. The van der Waals surface area contributed by atoms with Crippen LogP contribution in [0.4, 0.5) is 5.82 Å². The van der Waals surface area contributed by atoms with Gasteiger partial charge in [0.05, 0.1) is 10.9 Å². The molecule has 0 atom stereocenters. The zero-order valence-electron chi connectivity index (χ0n) is 9.46. The highest BCUT2D eigenvalue weighted by Gasteiger charge is 2.29. The fourth-order valence-electron chi connectivity index (χ4n) is 0.955. The number of sulfonamides is 1. The van der Waals surface area contributed by atoms with E-state index in [4.69, 9.17) is 0 Å². The fraction of sp³-hybridized carbons (Fsp3) is 0.667. The van der Waals surface area contributed by atoms with Gasteiger partial charge in [-0.2, -0.15) is 5.10 Å². The third kappa shape index (κ3) is 2.50. The van der Waals surface area contributed by atoms with Crippen molar-refractivity contribution in [2.45, 2.75) is 38.9 Å². The van der Waals surface area contributed by atoms with Gasteiger partial charge >= 0.3 is 0 Å². The van der Waals surface area contributed by atoms with Gasteiger partial charge in [-0.25, -0.2) is 8.42 Å². The molecule has 0 spiro atoms. The summed E-state index contributed by atoms with van der Waals surface area (Å²) in [7, 11) is -3.37. The second-order valence-electron chi connectivity index (χ2n) is 4.34. The lowest BCUT2D eigenvalue weighted by molar-refractivity contribution is 0.565. The van der Waals surface area contributed by atoms with Crippen LogP contribution < -0.4 is 4.72 Å². The Morgan fingerprint density at radius 1 is 1.47 bits per heavy atom. The number of hydrogen-bond donors (Lipinski definition) is 2. The summed E-state index contributed by atoms with van der Waals surface area (Å²) in [4.78, 5) is 0. The molecule has 0 radical (unpaired) electrons. The maximum atomic E-state index is 11.8. The van der Waals surface area contributed by atoms with E-state index in [9.17, 15) is 8.42 Å². The highest BCUT2D eigenvalue weighted by Crippen LogP contribution is 2.20. The molecule has 0 amide bonds. The van der Waals surface area contributed by atoms with Gasteiger partial charge in [-0.1, -0.05) is 6.92 Å². The van der Waals surface area contributed by atoms with Crippen LogP contribution in [-0.4, -0.2) is 23.4 Å². The van der Waals surface area contributed by atoms with E-state index >= 15 is 0 Å². The Labute approximate surface area is 90.3 Å². The topological polar surface area (TPSA) is 74.8 Å². The fourth-order valence-corrected chi connectivity index (χ4v) is 1.71. The monoisotopic (exact) mass is 231 g/mol. The Kier molecular flexibility index (Phi) is 3.08. The van der Waals surface area contributed by atoms with E-state index in [1.165, 1.54) is 0 Å². The molecule has 0 aromatic carbocycles. The van der Waals surface area contributed by atoms with Crippen LogP contribution in [0.5, 0.6) is 0 Å². The maximum Gasteiger partial charge on any atom is 0.238 e. The molecule has 0 aliphatic rings. The number of nitrogens with zero attached hydrogens (tertiary/aromatic N) is 1. The molecular formula is C9H17N3O2S. The van der Waals surface area contributed by atoms with Crippen LogP contribution in [0, 0.1) is 0 Å². The zero-order chi connectivity index (χ0) is 11.7. The van der Waals surface area contributed by atoms with Gasteiger partial charge in [0.15, 0.2) is 0 Å². The lowest BCUT2D eigenvalue weighted by Gasteiger charge is -2.19. The zero-order valence-corrected chi connectivity index (χ0v) is 10.3. The van der Waals surface area contributed by atoms with Gasteiger partial charge in [-0.05, 0) is 27.2 Å². The number of aryl methyl sites for hydroxylation is 1. The average Bonchev–Trinajstić information content (AvgIpc) is 2.48. The third-order valence-corrected chi connectivity index (χ3v) is 4.23. The SMILES string of the molecule is CCc1cn[nH]c1NS(=O)(=O)C(C)(C)C. The molecule has 0 saturated heterocycles. The molecule has 1 aromatic heterocycles. The van der Waals surface area contributed by atoms with Gasteiger partial charge in [-0.3, -0.25) is 9.82 Å². The number of rotatable bonds is 3. The van der Waals surface area contributed by atoms with E-state index < -0.39 is 14.8 Å². The van der Waals surface area contributed by atoms with Crippen LogP contribution in [-0.2, 0) is 16.4 Å². The number of aromatic amines is 1. The van der Waals surface area contributed by atoms with Crippen LogP contribution in [0.25, 0.3) is 0 Å². The summed E-state index contributed by atoms with van der Waals surface area (Å²) >= 11 is 0. The minimum atomic E-state index is -3.37. The van der Waals surface area contributed by atoms with Crippen molar-refractivity contribution in [3.8, 4) is 0 Å². The van der Waals surface area contributed by atoms with Crippen LogP contribution in [0.2, 0.25) is 0 Å². The van der Waals surface area contributed by atoms with Gasteiger partial charge in [0, 0.05) is 5.56 Å². The Hall–Kier alpha value is -1.04. The van der Waals surface area contributed by atoms with Crippen molar-refractivity contribution in [3.05, 3.63) is 11.8 Å². The predicted molar refractivity (Wildman–Crippen MR) is 60.3 cm³/mol. The standard InChI is InChI=1S/C9H17N3O2S/c1-5-7-6-10-11-8(7)12-15(13,14)9(2,3)4/h6H,5H2,1-4H3,(H2,10,11,12). The first-order valence-electron chi connectivity index (χ1n) is 4.82. The predicted octanol–water partition coefficient (Wildman–Crippen LogP) is 1.51. The Balaban J connectivity index is 2.97. The van der Waals surface area contributed by atoms with Gasteiger partial charge in [0.2, 0.25) is 10.0 Å². The summed E-state index contributed by atoms with van der Waals surface area (Å²) in [6, 6.07) is 0. The maximum absolute atomic E-state index is 11.8. The van der Waals surface area contributed by atoms with Crippen LogP contribution >= 0.6 is 0 Å². The number of H-pyrrole nitrogens is 1. The minimum Gasteiger partial charge on any atom is -0.267 e. The highest BCUT2D eigenvalue weighted by atomic mass is 32.2. The second-order valence-corrected chi connectivity index (χ2v) is 6.78. The summed E-state index contributed by atoms with van der Waals surface area (Å²) in [5.74, 6) is 0.465. The summed E-state index contributed by atoms with van der Waals surface area (Å²) in [5.41, 5.74) is 0.864. The molecule has 15 heavy (non-hydrogen) atoms. The molecule has 86 valence electrons. The van der Waals surface area contributed by atoms with E-state index in [0.717, 1.165) is 12.0 Å². The summed E-state index contributed by atoms with van der Waals surface area (Å²) < 4.78 is 25.3. The first-order valence-corrected chi connectivity index (χ1v) is 6.31. The lowest BCUT2D eigenvalue weighted by atomic mass is 10.3. The van der Waals surface area contributed by atoms with Gasteiger partial charge in [-0.15, -0.1) is 0 Å². The summed E-state index contributed by atoms with van der Waals surface area (Å²) in [6.45, 7) is 6.89. The molecule has 0 saturated carbocycles. The second kappa shape index (κ2) is 3.84. The van der Waals surface area contributed by atoms with Gasteiger partial charge in [0.25, 0.3) is 0 Å². The van der Waals surface area contributed by atoms with Crippen LogP contribution in [0.15, 0.2) is 6.20 Å². The highest BCUT2D eigenvalue weighted by molar-refractivity contribution is 7.94. The normalized spacial score (nSPS) is 12.8. The third-order valence-electron chi connectivity index (χ3n) is 2.14. The molecule has 5 nitrogen and oxygen atoms in total. The molecular weight excluding hydrogens is 214 g/mol. The molecule has 1 rings (SSSR count).